The number of hydrogen-bond acceptors (Lipinski definition) is 2. The molecule has 5 nitrogen and oxygen atoms in total. The highest BCUT2D eigenvalue weighted by Gasteiger charge is 2.24. The van der Waals surface area contributed by atoms with Gasteiger partial charge in [-0.15, -0.1) is 0 Å². The van der Waals surface area contributed by atoms with Crippen LogP contribution in [0.1, 0.15) is 26.2 Å². The van der Waals surface area contributed by atoms with Crippen LogP contribution in [0.25, 0.3) is 0 Å². The number of amides is 2. The van der Waals surface area contributed by atoms with Crippen molar-refractivity contribution in [3.8, 4) is 0 Å². The van der Waals surface area contributed by atoms with Gasteiger partial charge < -0.3 is 11.1 Å². The molecule has 88 valence electrons. The van der Waals surface area contributed by atoms with Crippen LogP contribution in [0.2, 0.25) is 0 Å². The first-order chi connectivity index (χ1) is 6.79. The summed E-state index contributed by atoms with van der Waals surface area (Å²) in [6, 6.07) is -0.438. The molecule has 0 aliphatic carbocycles. The Morgan fingerprint density at radius 3 is 2.20 bits per heavy atom. The second kappa shape index (κ2) is 5.70. The third-order valence-corrected chi connectivity index (χ3v) is 2.16. The Labute approximate surface area is 91.9 Å². The summed E-state index contributed by atoms with van der Waals surface area (Å²) in [6.07, 6.45) is 2.37. The molecule has 0 unspecified atom stereocenters. The molecular weight excluding hydrogens is 192 g/mol. The molecule has 0 aromatic carbocycles. The van der Waals surface area contributed by atoms with E-state index in [1.807, 2.05) is 28.1 Å². The number of hydrogen-bond donors (Lipinski definition) is 2. The summed E-state index contributed by atoms with van der Waals surface area (Å²) in [6.45, 7) is 2.55. The van der Waals surface area contributed by atoms with Crippen molar-refractivity contribution in [2.45, 2.75) is 26.2 Å². The molecule has 0 heterocycles. The molecule has 3 N–H and O–H groups in total. The van der Waals surface area contributed by atoms with Crippen LogP contribution in [-0.2, 0) is 0 Å². The van der Waals surface area contributed by atoms with E-state index < -0.39 is 6.03 Å². The largest absolute Gasteiger partial charge is 0.359 e. The van der Waals surface area contributed by atoms with Gasteiger partial charge in [0.2, 0.25) is 0 Å². The molecule has 0 aromatic heterocycles. The van der Waals surface area contributed by atoms with Gasteiger partial charge in [0.15, 0.2) is 0 Å². The summed E-state index contributed by atoms with van der Waals surface area (Å²) in [5, 5.41) is 9.19. The van der Waals surface area contributed by atoms with E-state index in [0.29, 0.717) is 23.3 Å². The molecule has 0 spiro atoms. The fourth-order valence-corrected chi connectivity index (χ4v) is 1.37. The summed E-state index contributed by atoms with van der Waals surface area (Å²) in [5.41, 5.74) is 5.96. The molecule has 0 saturated carbocycles. The summed E-state index contributed by atoms with van der Waals surface area (Å²) >= 11 is 0. The number of quaternary nitrogens is 1. The maximum atomic E-state index is 11.2. The maximum Gasteiger partial charge on any atom is 0.359 e. The molecule has 0 aliphatic rings. The number of carbonyl (C=O) groups is 1. The summed E-state index contributed by atoms with van der Waals surface area (Å²) in [5.74, 6) is 0. The minimum absolute atomic E-state index is 0.370. The average molecular weight is 215 g/mol. The van der Waals surface area contributed by atoms with Crippen molar-refractivity contribution >= 4 is 11.7 Å². The SMILES string of the molecule is CCCC(=N)CCN(C(N)=O)[N+](C)(C)C. The van der Waals surface area contributed by atoms with E-state index >= 15 is 0 Å². The van der Waals surface area contributed by atoms with Crippen LogP contribution in [0.4, 0.5) is 4.79 Å². The molecule has 0 atom stereocenters. The lowest BCUT2D eigenvalue weighted by atomic mass is 10.1. The van der Waals surface area contributed by atoms with Gasteiger partial charge in [0.25, 0.3) is 0 Å². The Balaban J connectivity index is 4.21. The fourth-order valence-electron chi connectivity index (χ4n) is 1.37. The highest BCUT2D eigenvalue weighted by molar-refractivity contribution is 5.82. The molecule has 0 radical (unpaired) electrons. The van der Waals surface area contributed by atoms with Crippen molar-refractivity contribution < 1.29 is 9.39 Å². The molecular formula is C10H23N4O+. The zero-order valence-electron chi connectivity index (χ0n) is 10.2. The van der Waals surface area contributed by atoms with E-state index in [2.05, 4.69) is 0 Å². The Hall–Kier alpha value is -1.10. The number of urea groups is 1. The summed E-state index contributed by atoms with van der Waals surface area (Å²) < 4.78 is 0.370. The smallest absolute Gasteiger partial charge is 0.348 e. The monoisotopic (exact) mass is 215 g/mol. The summed E-state index contributed by atoms with van der Waals surface area (Å²) in [4.78, 5) is 11.2. The van der Waals surface area contributed by atoms with Gasteiger partial charge in [0.05, 0.1) is 27.7 Å². The molecule has 0 bridgehead atoms. The number of primary amides is 1. The van der Waals surface area contributed by atoms with E-state index in [1.54, 1.807) is 5.01 Å². The third-order valence-electron chi connectivity index (χ3n) is 2.16. The molecule has 15 heavy (non-hydrogen) atoms. The summed E-state index contributed by atoms with van der Waals surface area (Å²) in [7, 11) is 5.65. The molecule has 0 fully saturated rings. The van der Waals surface area contributed by atoms with E-state index in [-0.39, 0.29) is 0 Å². The van der Waals surface area contributed by atoms with E-state index in [1.165, 1.54) is 0 Å². The van der Waals surface area contributed by atoms with E-state index in [9.17, 15) is 4.79 Å². The van der Waals surface area contributed by atoms with Crippen LogP contribution in [0, 0.1) is 5.41 Å². The number of rotatable bonds is 6. The maximum absolute atomic E-state index is 11.2. The van der Waals surface area contributed by atoms with Gasteiger partial charge in [0, 0.05) is 12.1 Å². The lowest BCUT2D eigenvalue weighted by molar-refractivity contribution is -0.973. The Morgan fingerprint density at radius 2 is 1.87 bits per heavy atom. The van der Waals surface area contributed by atoms with Crippen molar-refractivity contribution in [3.05, 3.63) is 0 Å². The van der Waals surface area contributed by atoms with Gasteiger partial charge in [-0.25, -0.2) is 9.39 Å². The number of nitrogens with one attached hydrogen (secondary N) is 1. The first kappa shape index (κ1) is 13.9. The van der Waals surface area contributed by atoms with Crippen molar-refractivity contribution in [1.29, 1.82) is 5.41 Å². The zero-order valence-corrected chi connectivity index (χ0v) is 10.2. The molecule has 0 saturated heterocycles. The molecule has 2 amide bonds. The number of carbonyl (C=O) groups excluding carboxylic acids is 1. The molecule has 0 aliphatic heterocycles. The predicted octanol–water partition coefficient (Wildman–Crippen LogP) is 1.20. The van der Waals surface area contributed by atoms with Crippen LogP contribution in [-0.4, -0.2) is 49.0 Å². The topological polar surface area (TPSA) is 70.2 Å². The van der Waals surface area contributed by atoms with Crippen molar-refractivity contribution in [2.75, 3.05) is 27.7 Å². The van der Waals surface area contributed by atoms with Gasteiger partial charge >= 0.3 is 6.03 Å². The quantitative estimate of drug-likeness (QED) is 0.390. The van der Waals surface area contributed by atoms with Crippen LogP contribution in [0.5, 0.6) is 0 Å². The van der Waals surface area contributed by atoms with Crippen molar-refractivity contribution in [1.82, 2.24) is 5.01 Å². The fraction of sp³-hybridized carbons (Fsp3) is 0.800. The van der Waals surface area contributed by atoms with Gasteiger partial charge in [-0.1, -0.05) is 13.3 Å². The number of nitrogens with two attached hydrogens (primary N) is 1. The van der Waals surface area contributed by atoms with Gasteiger partial charge in [-0.2, -0.15) is 5.01 Å². The van der Waals surface area contributed by atoms with Crippen LogP contribution in [0.3, 0.4) is 0 Å². The zero-order chi connectivity index (χ0) is 12.1. The second-order valence-electron chi connectivity index (χ2n) is 4.51. The Morgan fingerprint density at radius 1 is 1.33 bits per heavy atom. The van der Waals surface area contributed by atoms with Crippen LogP contribution in [0.15, 0.2) is 0 Å². The molecule has 0 rings (SSSR count). The normalized spacial score (nSPS) is 11.2. The highest BCUT2D eigenvalue weighted by Crippen LogP contribution is 2.04. The predicted molar refractivity (Wildman–Crippen MR) is 61.6 cm³/mol. The van der Waals surface area contributed by atoms with E-state index in [0.717, 1.165) is 12.8 Å². The third kappa shape index (κ3) is 5.37. The van der Waals surface area contributed by atoms with Gasteiger partial charge in [0.1, 0.15) is 0 Å². The Kier molecular flexibility index (Phi) is 5.28. The van der Waals surface area contributed by atoms with Crippen LogP contribution >= 0.6 is 0 Å². The van der Waals surface area contributed by atoms with Crippen molar-refractivity contribution in [2.24, 2.45) is 5.73 Å². The Bertz CT molecular complexity index is 232. The molecule has 5 heteroatoms. The molecule has 0 aromatic rings. The van der Waals surface area contributed by atoms with Gasteiger partial charge in [-0.05, 0) is 6.42 Å². The number of nitrogens with zero attached hydrogens (tertiary/aromatic N) is 2. The average Bonchev–Trinajstić information content (AvgIpc) is 2.01. The first-order valence-electron chi connectivity index (χ1n) is 5.24. The lowest BCUT2D eigenvalue weighted by Gasteiger charge is -2.34. The van der Waals surface area contributed by atoms with Crippen LogP contribution < -0.4 is 5.73 Å². The minimum atomic E-state index is -0.438. The first-order valence-corrected chi connectivity index (χ1v) is 5.24. The van der Waals surface area contributed by atoms with Gasteiger partial charge in [-0.3, -0.25) is 0 Å². The highest BCUT2D eigenvalue weighted by atomic mass is 16.2. The standard InChI is InChI=1S/C10H22N4O/c1-5-6-9(11)7-8-13(10(12)15)14(2,3)4/h11H,5-8H2,1-4H3,(H-,12,15)/p+1. The lowest BCUT2D eigenvalue weighted by Crippen LogP contribution is -2.57. The second-order valence-corrected chi connectivity index (χ2v) is 4.51. The minimum Gasteiger partial charge on any atom is -0.348 e. The van der Waals surface area contributed by atoms with E-state index in [4.69, 9.17) is 11.1 Å². The van der Waals surface area contributed by atoms with Crippen molar-refractivity contribution in [3.63, 3.8) is 0 Å².